The first-order valence-corrected chi connectivity index (χ1v) is 13.1. The molecule has 0 saturated heterocycles. The van der Waals surface area contributed by atoms with Gasteiger partial charge in [0.2, 0.25) is 0 Å². The molecule has 0 fully saturated rings. The van der Waals surface area contributed by atoms with Gasteiger partial charge in [-0.1, -0.05) is 36.9 Å². The summed E-state index contributed by atoms with van der Waals surface area (Å²) in [5.74, 6) is -1.48. The number of aromatic amines is 1. The fourth-order valence-corrected chi connectivity index (χ4v) is 4.60. The molecule has 0 saturated carbocycles. The Kier molecular flexibility index (Phi) is 8.03. The maximum absolute atomic E-state index is 13.4. The molecule has 0 bridgehead atoms. The molecule has 2 aromatic rings. The summed E-state index contributed by atoms with van der Waals surface area (Å²) in [5.41, 5.74) is 0.209. The Hall–Kier alpha value is -4.48. The number of amides is 1. The molecule has 1 aromatic carbocycles. The second-order valence-corrected chi connectivity index (χ2v) is 11.0. The number of nitrogens with zero attached hydrogens (tertiary/aromatic N) is 2. The largest absolute Gasteiger partial charge is 0.461 e. The number of esters is 2. The standard InChI is InChI=1S/C30H31F3N4O5/c1-7-14-41-23(38)13-12-20-16(2)21(34-25(20)27(40)42-28(4,5)6)15-22-17(3)24(26(39)35-22)18-8-10-19(11-9-18)29(36-37-29)30(31,32)33/h7-11,15,34H,1,12-14H2,2-6H3,(H,35,39)/b22-15+. The van der Waals surface area contributed by atoms with E-state index in [2.05, 4.69) is 27.1 Å². The lowest BCUT2D eigenvalue weighted by molar-refractivity contribution is -0.166. The molecule has 3 heterocycles. The van der Waals surface area contributed by atoms with Crippen LogP contribution < -0.4 is 5.32 Å². The maximum Gasteiger partial charge on any atom is 0.442 e. The van der Waals surface area contributed by atoms with Crippen LogP contribution in [0, 0.1) is 6.92 Å². The van der Waals surface area contributed by atoms with Crippen molar-refractivity contribution in [3.8, 4) is 0 Å². The lowest BCUT2D eigenvalue weighted by Crippen LogP contribution is -2.30. The van der Waals surface area contributed by atoms with E-state index in [9.17, 15) is 27.6 Å². The molecule has 9 nitrogen and oxygen atoms in total. The van der Waals surface area contributed by atoms with E-state index in [1.165, 1.54) is 30.3 Å². The van der Waals surface area contributed by atoms with E-state index in [1.54, 1.807) is 40.7 Å². The normalized spacial score (nSPS) is 17.0. The van der Waals surface area contributed by atoms with Crippen LogP contribution in [0.2, 0.25) is 0 Å². The summed E-state index contributed by atoms with van der Waals surface area (Å²) < 4.78 is 50.7. The van der Waals surface area contributed by atoms with Crippen LogP contribution in [0.3, 0.4) is 0 Å². The summed E-state index contributed by atoms with van der Waals surface area (Å²) in [6, 6.07) is 5.37. The molecule has 222 valence electrons. The van der Waals surface area contributed by atoms with E-state index in [4.69, 9.17) is 9.47 Å². The summed E-state index contributed by atoms with van der Waals surface area (Å²) >= 11 is 0. The summed E-state index contributed by atoms with van der Waals surface area (Å²) in [6.07, 6.45) is -1.31. The van der Waals surface area contributed by atoms with Gasteiger partial charge in [0, 0.05) is 23.4 Å². The Morgan fingerprint density at radius 1 is 1.10 bits per heavy atom. The number of carbonyl (C=O) groups excluding carboxylic acids is 3. The van der Waals surface area contributed by atoms with Crippen molar-refractivity contribution in [2.24, 2.45) is 10.2 Å². The molecule has 2 N–H and O–H groups in total. The van der Waals surface area contributed by atoms with Crippen molar-refractivity contribution in [1.29, 1.82) is 0 Å². The van der Waals surface area contributed by atoms with E-state index in [1.807, 2.05) is 0 Å². The van der Waals surface area contributed by atoms with Crippen molar-refractivity contribution in [3.05, 3.63) is 81.8 Å². The molecule has 1 aromatic heterocycles. The zero-order valence-electron chi connectivity index (χ0n) is 23.9. The minimum atomic E-state index is -4.65. The number of halogens is 3. The Morgan fingerprint density at radius 2 is 1.74 bits per heavy atom. The number of aromatic nitrogens is 1. The van der Waals surface area contributed by atoms with Crippen molar-refractivity contribution in [2.45, 2.75) is 64.9 Å². The van der Waals surface area contributed by atoms with Gasteiger partial charge in [-0.15, -0.1) is 10.2 Å². The van der Waals surface area contributed by atoms with Crippen molar-refractivity contribution in [2.75, 3.05) is 6.61 Å². The highest BCUT2D eigenvalue weighted by atomic mass is 19.4. The van der Waals surface area contributed by atoms with E-state index in [-0.39, 0.29) is 30.7 Å². The van der Waals surface area contributed by atoms with Crippen LogP contribution in [-0.2, 0) is 31.1 Å². The van der Waals surface area contributed by atoms with E-state index < -0.39 is 35.3 Å². The lowest BCUT2D eigenvalue weighted by Gasteiger charge is -2.19. The molecule has 42 heavy (non-hydrogen) atoms. The van der Waals surface area contributed by atoms with Gasteiger partial charge in [-0.3, -0.25) is 9.59 Å². The summed E-state index contributed by atoms with van der Waals surface area (Å²) in [5, 5.41) is 9.21. The maximum atomic E-state index is 13.4. The number of hydrogen-bond donors (Lipinski definition) is 2. The number of alkyl halides is 3. The number of nitrogens with one attached hydrogen (secondary N) is 2. The highest BCUT2D eigenvalue weighted by Crippen LogP contribution is 2.52. The van der Waals surface area contributed by atoms with Crippen LogP contribution in [-0.4, -0.2) is 41.2 Å². The molecule has 12 heteroatoms. The SMILES string of the molecule is C=CCOC(=O)CCc1c(C(=O)OC(C)(C)C)[nH]c(/C=C2/NC(=O)C(c3ccc(C4(C(F)(F)F)N=N4)cc3)=C2C)c1C. The second kappa shape index (κ2) is 11.1. The third kappa shape index (κ3) is 6.07. The van der Waals surface area contributed by atoms with Crippen LogP contribution >= 0.6 is 0 Å². The van der Waals surface area contributed by atoms with Crippen molar-refractivity contribution in [3.63, 3.8) is 0 Å². The van der Waals surface area contributed by atoms with Crippen molar-refractivity contribution >= 4 is 29.5 Å². The number of carbonyl (C=O) groups is 3. The number of ether oxygens (including phenoxy) is 2. The molecular formula is C30H31F3N4O5. The highest BCUT2D eigenvalue weighted by molar-refractivity contribution is 6.25. The van der Waals surface area contributed by atoms with Crippen molar-refractivity contribution < 1.29 is 37.0 Å². The molecule has 0 unspecified atom stereocenters. The number of allylic oxidation sites excluding steroid dienone is 1. The van der Waals surface area contributed by atoms with Crippen LogP contribution in [0.1, 0.15) is 72.6 Å². The third-order valence-electron chi connectivity index (χ3n) is 6.78. The molecule has 2 aliphatic rings. The van der Waals surface area contributed by atoms with Crippen LogP contribution in [0.5, 0.6) is 0 Å². The molecule has 0 spiro atoms. The van der Waals surface area contributed by atoms with E-state index in [0.717, 1.165) is 0 Å². The van der Waals surface area contributed by atoms with Gasteiger partial charge in [0.1, 0.15) is 17.9 Å². The van der Waals surface area contributed by atoms with Gasteiger partial charge in [-0.2, -0.15) is 13.2 Å². The van der Waals surface area contributed by atoms with Gasteiger partial charge >= 0.3 is 23.8 Å². The summed E-state index contributed by atoms with van der Waals surface area (Å²) in [6.45, 7) is 12.3. The van der Waals surface area contributed by atoms with Gasteiger partial charge in [-0.05, 0) is 69.4 Å². The summed E-state index contributed by atoms with van der Waals surface area (Å²) in [4.78, 5) is 41.2. The average Bonchev–Trinajstić information content (AvgIpc) is 3.60. The topological polar surface area (TPSA) is 122 Å². The minimum Gasteiger partial charge on any atom is -0.461 e. The molecule has 0 atom stereocenters. The van der Waals surface area contributed by atoms with Gasteiger partial charge in [0.25, 0.3) is 5.91 Å². The molecule has 0 aliphatic carbocycles. The monoisotopic (exact) mass is 584 g/mol. The molecule has 4 rings (SSSR count). The van der Waals surface area contributed by atoms with Gasteiger partial charge in [0.05, 0.1) is 5.57 Å². The van der Waals surface area contributed by atoms with Gasteiger partial charge < -0.3 is 19.8 Å². The Bertz CT molecular complexity index is 1530. The zero-order valence-corrected chi connectivity index (χ0v) is 23.9. The lowest BCUT2D eigenvalue weighted by atomic mass is 9.96. The van der Waals surface area contributed by atoms with Gasteiger partial charge in [0.15, 0.2) is 0 Å². The fraction of sp³-hybridized carbons (Fsp3) is 0.367. The number of rotatable bonds is 9. The Balaban J connectivity index is 1.66. The quantitative estimate of drug-likeness (QED) is 0.274. The van der Waals surface area contributed by atoms with E-state index >= 15 is 0 Å². The molecule has 2 aliphatic heterocycles. The Labute approximate surface area is 240 Å². The minimum absolute atomic E-state index is 0.0182. The first-order chi connectivity index (χ1) is 19.6. The van der Waals surface area contributed by atoms with Crippen LogP contribution in [0.15, 0.2) is 58.4 Å². The first-order valence-electron chi connectivity index (χ1n) is 13.1. The summed E-state index contributed by atoms with van der Waals surface area (Å²) in [7, 11) is 0. The number of benzene rings is 1. The van der Waals surface area contributed by atoms with E-state index in [0.29, 0.717) is 39.2 Å². The Morgan fingerprint density at radius 3 is 2.29 bits per heavy atom. The average molecular weight is 585 g/mol. The van der Waals surface area contributed by atoms with Crippen LogP contribution in [0.4, 0.5) is 13.2 Å². The van der Waals surface area contributed by atoms with Crippen LogP contribution in [0.25, 0.3) is 11.6 Å². The molecule has 0 radical (unpaired) electrons. The molecule has 1 amide bonds. The number of H-pyrrole nitrogens is 1. The predicted molar refractivity (Wildman–Crippen MR) is 148 cm³/mol. The smallest absolute Gasteiger partial charge is 0.442 e. The fourth-order valence-electron chi connectivity index (χ4n) is 4.60. The predicted octanol–water partition coefficient (Wildman–Crippen LogP) is 6.07. The highest BCUT2D eigenvalue weighted by Gasteiger charge is 2.65. The van der Waals surface area contributed by atoms with Gasteiger partial charge in [-0.25, -0.2) is 4.79 Å². The number of hydrogen-bond acceptors (Lipinski definition) is 7. The first kappa shape index (κ1) is 30.5. The van der Waals surface area contributed by atoms with Crippen molar-refractivity contribution in [1.82, 2.24) is 10.3 Å². The third-order valence-corrected chi connectivity index (χ3v) is 6.78. The zero-order chi connectivity index (χ0) is 31.0. The second-order valence-electron chi connectivity index (χ2n) is 11.0. The molecular weight excluding hydrogens is 553 g/mol.